The fourth-order valence-corrected chi connectivity index (χ4v) is 4.06. The zero-order valence-electron chi connectivity index (χ0n) is 13.9. The van der Waals surface area contributed by atoms with E-state index in [1.54, 1.807) is 21.5 Å². The van der Waals surface area contributed by atoms with Crippen LogP contribution in [0.25, 0.3) is 16.6 Å². The molecule has 0 aliphatic heterocycles. The number of thiophene rings is 1. The first-order valence-corrected chi connectivity index (χ1v) is 9.30. The number of carbonyl (C=O) groups excluding carboxylic acids is 1. The van der Waals surface area contributed by atoms with E-state index in [9.17, 15) is 9.59 Å². The summed E-state index contributed by atoms with van der Waals surface area (Å²) in [4.78, 5) is 30.9. The third-order valence-electron chi connectivity index (χ3n) is 4.25. The van der Waals surface area contributed by atoms with E-state index in [0.717, 1.165) is 4.88 Å². The monoisotopic (exact) mass is 386 g/mol. The fourth-order valence-electron chi connectivity index (χ4n) is 2.96. The second-order valence-corrected chi connectivity index (χ2v) is 7.61. The lowest BCUT2D eigenvalue weighted by Gasteiger charge is -2.19. The van der Waals surface area contributed by atoms with Gasteiger partial charge in [-0.1, -0.05) is 23.7 Å². The van der Waals surface area contributed by atoms with Crippen LogP contribution in [0.2, 0.25) is 4.34 Å². The summed E-state index contributed by atoms with van der Waals surface area (Å²) in [6, 6.07) is 10.9. The molecule has 3 aromatic heterocycles. The maximum atomic E-state index is 13.0. The van der Waals surface area contributed by atoms with Crippen molar-refractivity contribution in [3.8, 4) is 0 Å². The molecule has 0 aliphatic carbocycles. The molecule has 132 valence electrons. The van der Waals surface area contributed by atoms with Crippen LogP contribution in [0.15, 0.2) is 47.4 Å². The molecule has 6 nitrogen and oxygen atoms in total. The van der Waals surface area contributed by atoms with Crippen LogP contribution in [-0.2, 0) is 6.54 Å². The van der Waals surface area contributed by atoms with Gasteiger partial charge in [-0.25, -0.2) is 4.52 Å². The van der Waals surface area contributed by atoms with Gasteiger partial charge in [0.25, 0.3) is 11.5 Å². The Morgan fingerprint density at radius 2 is 2.12 bits per heavy atom. The molecular formula is C18H15ClN4O2S. The van der Waals surface area contributed by atoms with Crippen molar-refractivity contribution in [2.45, 2.75) is 13.5 Å². The van der Waals surface area contributed by atoms with E-state index >= 15 is 0 Å². The molecule has 0 radical (unpaired) electrons. The number of benzene rings is 1. The first kappa shape index (κ1) is 16.8. The van der Waals surface area contributed by atoms with Crippen molar-refractivity contribution in [3.63, 3.8) is 0 Å². The van der Waals surface area contributed by atoms with Crippen molar-refractivity contribution in [3.05, 3.63) is 67.7 Å². The van der Waals surface area contributed by atoms with Crippen molar-refractivity contribution in [2.24, 2.45) is 0 Å². The number of amides is 1. The van der Waals surface area contributed by atoms with Gasteiger partial charge in [0.05, 0.1) is 28.0 Å². The first-order valence-electron chi connectivity index (χ1n) is 8.10. The summed E-state index contributed by atoms with van der Waals surface area (Å²) in [6.07, 6.45) is 1.50. The Kier molecular flexibility index (Phi) is 4.26. The highest BCUT2D eigenvalue weighted by Gasteiger charge is 2.21. The number of nitrogens with one attached hydrogen (secondary N) is 1. The van der Waals surface area contributed by atoms with Gasteiger partial charge in [-0.15, -0.1) is 11.3 Å². The number of carbonyl (C=O) groups is 1. The molecule has 0 unspecified atom stereocenters. The molecular weight excluding hydrogens is 372 g/mol. The summed E-state index contributed by atoms with van der Waals surface area (Å²) in [5, 5.41) is 4.85. The topological polar surface area (TPSA) is 70.5 Å². The maximum Gasteiger partial charge on any atom is 0.259 e. The molecule has 0 atom stereocenters. The lowest BCUT2D eigenvalue weighted by Crippen LogP contribution is -2.30. The number of hydrogen-bond donors (Lipinski definition) is 1. The Bertz CT molecular complexity index is 1180. The van der Waals surface area contributed by atoms with Gasteiger partial charge in [0, 0.05) is 11.4 Å². The highest BCUT2D eigenvalue weighted by Crippen LogP contribution is 2.24. The number of aromatic amines is 1. The molecule has 0 spiro atoms. The van der Waals surface area contributed by atoms with E-state index < -0.39 is 0 Å². The zero-order chi connectivity index (χ0) is 18.3. The van der Waals surface area contributed by atoms with Crippen LogP contribution < -0.4 is 5.56 Å². The van der Waals surface area contributed by atoms with Crippen molar-refractivity contribution in [1.29, 1.82) is 0 Å². The summed E-state index contributed by atoms with van der Waals surface area (Å²) >= 11 is 7.43. The van der Waals surface area contributed by atoms with Crippen LogP contribution in [-0.4, -0.2) is 31.9 Å². The molecule has 4 aromatic rings. The van der Waals surface area contributed by atoms with Gasteiger partial charge in [-0.05, 0) is 31.2 Å². The quantitative estimate of drug-likeness (QED) is 0.583. The largest absolute Gasteiger partial charge is 0.334 e. The second-order valence-electron chi connectivity index (χ2n) is 5.82. The molecule has 0 bridgehead atoms. The summed E-state index contributed by atoms with van der Waals surface area (Å²) in [7, 11) is 0. The third-order valence-corrected chi connectivity index (χ3v) is 5.47. The van der Waals surface area contributed by atoms with E-state index in [-0.39, 0.29) is 11.5 Å². The maximum absolute atomic E-state index is 13.0. The molecule has 26 heavy (non-hydrogen) atoms. The Balaban J connectivity index is 1.78. The Morgan fingerprint density at radius 3 is 2.85 bits per heavy atom. The molecule has 1 N–H and O–H groups in total. The minimum atomic E-state index is -0.240. The number of hydrogen-bond acceptors (Lipinski definition) is 4. The van der Waals surface area contributed by atoms with E-state index in [4.69, 9.17) is 11.6 Å². The van der Waals surface area contributed by atoms with E-state index in [1.165, 1.54) is 17.5 Å². The first-order chi connectivity index (χ1) is 12.6. The average Bonchev–Trinajstić information content (AvgIpc) is 3.25. The van der Waals surface area contributed by atoms with Gasteiger partial charge in [0.2, 0.25) is 0 Å². The summed E-state index contributed by atoms with van der Waals surface area (Å²) in [6.45, 7) is 2.91. The highest BCUT2D eigenvalue weighted by molar-refractivity contribution is 7.16. The number of para-hydroxylation sites is 1. The third kappa shape index (κ3) is 2.79. The van der Waals surface area contributed by atoms with Crippen molar-refractivity contribution >= 4 is 45.4 Å². The predicted octanol–water partition coefficient (Wildman–Crippen LogP) is 3.55. The van der Waals surface area contributed by atoms with Crippen molar-refractivity contribution in [1.82, 2.24) is 19.5 Å². The van der Waals surface area contributed by atoms with E-state index in [1.807, 2.05) is 31.2 Å². The number of halogens is 1. The fraction of sp³-hybridized carbons (Fsp3) is 0.167. The second kappa shape index (κ2) is 6.59. The highest BCUT2D eigenvalue weighted by atomic mass is 35.5. The van der Waals surface area contributed by atoms with Gasteiger partial charge >= 0.3 is 0 Å². The van der Waals surface area contributed by atoms with E-state index in [0.29, 0.717) is 39.5 Å². The van der Waals surface area contributed by atoms with E-state index in [2.05, 4.69) is 10.1 Å². The molecule has 8 heteroatoms. The SMILES string of the molecule is CCN(Cc1ccc(Cl)s1)C(=O)c1cnn2c1[nH]c(=O)c1ccccc12. The number of H-pyrrole nitrogens is 1. The standard InChI is InChI=1S/C18H15ClN4O2S/c1-2-22(10-11-7-8-15(19)26-11)18(25)13-9-20-23-14-6-4-3-5-12(14)17(24)21-16(13)23/h3-9H,2,10H2,1H3,(H,21,24). The molecule has 1 amide bonds. The molecule has 3 heterocycles. The zero-order valence-corrected chi connectivity index (χ0v) is 15.5. The van der Waals surface area contributed by atoms with Crippen LogP contribution in [0, 0.1) is 0 Å². The lowest BCUT2D eigenvalue weighted by molar-refractivity contribution is 0.0756. The Labute approximate surface area is 157 Å². The lowest BCUT2D eigenvalue weighted by atomic mass is 10.2. The van der Waals surface area contributed by atoms with Crippen LogP contribution in [0.5, 0.6) is 0 Å². The number of fused-ring (bicyclic) bond motifs is 3. The summed E-state index contributed by atoms with van der Waals surface area (Å²) in [5.74, 6) is -0.182. The van der Waals surface area contributed by atoms with Crippen molar-refractivity contribution in [2.75, 3.05) is 6.54 Å². The molecule has 0 saturated heterocycles. The Hall–Kier alpha value is -2.64. The minimum Gasteiger partial charge on any atom is -0.334 e. The normalized spacial score (nSPS) is 11.3. The molecule has 0 aliphatic rings. The molecule has 0 saturated carbocycles. The average molecular weight is 387 g/mol. The molecule has 1 aromatic carbocycles. The van der Waals surface area contributed by atoms with Gasteiger partial charge in [-0.2, -0.15) is 5.10 Å². The van der Waals surface area contributed by atoms with Gasteiger partial charge < -0.3 is 9.88 Å². The summed E-state index contributed by atoms with van der Waals surface area (Å²) in [5.41, 5.74) is 1.20. The van der Waals surface area contributed by atoms with Gasteiger partial charge in [0.15, 0.2) is 0 Å². The number of nitrogens with zero attached hydrogens (tertiary/aromatic N) is 3. The predicted molar refractivity (Wildman–Crippen MR) is 103 cm³/mol. The van der Waals surface area contributed by atoms with Crippen LogP contribution in [0.1, 0.15) is 22.2 Å². The Morgan fingerprint density at radius 1 is 1.31 bits per heavy atom. The van der Waals surface area contributed by atoms with Crippen molar-refractivity contribution < 1.29 is 4.79 Å². The van der Waals surface area contributed by atoms with Gasteiger partial charge in [0.1, 0.15) is 11.2 Å². The van der Waals surface area contributed by atoms with Crippen LogP contribution in [0.4, 0.5) is 0 Å². The van der Waals surface area contributed by atoms with Crippen LogP contribution in [0.3, 0.4) is 0 Å². The van der Waals surface area contributed by atoms with Crippen LogP contribution >= 0.6 is 22.9 Å². The number of rotatable bonds is 4. The molecule has 0 fully saturated rings. The summed E-state index contributed by atoms with van der Waals surface area (Å²) < 4.78 is 2.29. The number of aromatic nitrogens is 3. The van der Waals surface area contributed by atoms with Gasteiger partial charge in [-0.3, -0.25) is 9.59 Å². The minimum absolute atomic E-state index is 0.182. The molecule has 4 rings (SSSR count). The smallest absolute Gasteiger partial charge is 0.259 e.